The van der Waals surface area contributed by atoms with Crippen LogP contribution in [0.15, 0.2) is 47.4 Å². The van der Waals surface area contributed by atoms with Crippen LogP contribution in [0.1, 0.15) is 5.56 Å². The van der Waals surface area contributed by atoms with Crippen molar-refractivity contribution in [3.05, 3.63) is 48.0 Å². The number of ether oxygens (including phenoxy) is 3. The smallest absolute Gasteiger partial charge is 0.422 e. The number of benzene rings is 2. The summed E-state index contributed by atoms with van der Waals surface area (Å²) >= 11 is 0. The molecule has 0 spiro atoms. The summed E-state index contributed by atoms with van der Waals surface area (Å²) in [6, 6.07) is 6.85. The Hall–Kier alpha value is -2.81. The van der Waals surface area contributed by atoms with Gasteiger partial charge in [0, 0.05) is 12.6 Å². The van der Waals surface area contributed by atoms with Gasteiger partial charge < -0.3 is 14.2 Å². The summed E-state index contributed by atoms with van der Waals surface area (Å²) < 4.78 is 139. The molecule has 0 atom stereocenters. The van der Waals surface area contributed by atoms with Gasteiger partial charge in [0.1, 0.15) is 22.1 Å². The SMILES string of the molecule is O=S(=O)(NCc1ccc(OC(F)F)cc1)c1cc(OCC(F)(F)F)ccc1OCC(F)(F)F. The molecule has 0 aliphatic heterocycles. The molecule has 0 aliphatic rings. The van der Waals surface area contributed by atoms with Crippen LogP contribution in [0.4, 0.5) is 35.1 Å². The molecule has 33 heavy (non-hydrogen) atoms. The van der Waals surface area contributed by atoms with E-state index >= 15 is 0 Å². The molecule has 2 aromatic rings. The van der Waals surface area contributed by atoms with Gasteiger partial charge >= 0.3 is 19.0 Å². The average molecular weight is 509 g/mol. The maximum atomic E-state index is 12.6. The quantitative estimate of drug-likeness (QED) is 0.473. The molecule has 2 rings (SSSR count). The van der Waals surface area contributed by atoms with E-state index in [2.05, 4.69) is 14.2 Å². The number of halogens is 8. The zero-order valence-electron chi connectivity index (χ0n) is 16.2. The van der Waals surface area contributed by atoms with Gasteiger partial charge in [-0.1, -0.05) is 12.1 Å². The lowest BCUT2D eigenvalue weighted by molar-refractivity contribution is -0.154. The molecule has 0 aliphatic carbocycles. The molecule has 0 unspecified atom stereocenters. The largest absolute Gasteiger partial charge is 0.484 e. The second kappa shape index (κ2) is 10.4. The number of hydrogen-bond acceptors (Lipinski definition) is 5. The summed E-state index contributed by atoms with van der Waals surface area (Å²) in [6.45, 7) is -7.14. The molecule has 184 valence electrons. The number of rotatable bonds is 10. The first-order valence-corrected chi connectivity index (χ1v) is 10.2. The third-order valence-corrected chi connectivity index (χ3v) is 5.04. The number of alkyl halides is 8. The van der Waals surface area contributed by atoms with E-state index in [0.717, 1.165) is 24.3 Å². The van der Waals surface area contributed by atoms with Crippen molar-refractivity contribution in [3.8, 4) is 17.2 Å². The van der Waals surface area contributed by atoms with Gasteiger partial charge in [0.2, 0.25) is 10.0 Å². The Labute approximate surface area is 182 Å². The van der Waals surface area contributed by atoms with Crippen LogP contribution < -0.4 is 18.9 Å². The Morgan fingerprint density at radius 2 is 1.36 bits per heavy atom. The fourth-order valence-corrected chi connectivity index (χ4v) is 3.45. The van der Waals surface area contributed by atoms with Crippen molar-refractivity contribution < 1.29 is 57.8 Å². The van der Waals surface area contributed by atoms with Gasteiger partial charge in [0.25, 0.3) is 0 Å². The van der Waals surface area contributed by atoms with Crippen molar-refractivity contribution in [1.82, 2.24) is 4.72 Å². The van der Waals surface area contributed by atoms with E-state index in [4.69, 9.17) is 0 Å². The number of sulfonamides is 1. The highest BCUT2D eigenvalue weighted by molar-refractivity contribution is 7.89. The average Bonchev–Trinajstić information content (AvgIpc) is 2.69. The van der Waals surface area contributed by atoms with Crippen LogP contribution >= 0.6 is 0 Å². The van der Waals surface area contributed by atoms with E-state index in [1.807, 2.05) is 4.72 Å². The van der Waals surface area contributed by atoms with Crippen molar-refractivity contribution in [2.45, 2.75) is 30.4 Å². The predicted molar refractivity (Wildman–Crippen MR) is 96.6 cm³/mol. The van der Waals surface area contributed by atoms with E-state index in [1.54, 1.807) is 0 Å². The molecule has 0 heterocycles. The lowest BCUT2D eigenvalue weighted by atomic mass is 10.2. The van der Waals surface area contributed by atoms with E-state index in [0.29, 0.717) is 6.07 Å². The topological polar surface area (TPSA) is 73.9 Å². The molecular formula is C18H15F8NO5S. The zero-order valence-corrected chi connectivity index (χ0v) is 17.0. The molecule has 0 saturated carbocycles. The third kappa shape index (κ3) is 9.29. The first-order chi connectivity index (χ1) is 15.1. The normalized spacial score (nSPS) is 12.6. The first kappa shape index (κ1) is 26.4. The van der Waals surface area contributed by atoms with Crippen LogP contribution in [0.2, 0.25) is 0 Å². The highest BCUT2D eigenvalue weighted by Crippen LogP contribution is 2.31. The van der Waals surface area contributed by atoms with E-state index in [1.165, 1.54) is 12.1 Å². The Morgan fingerprint density at radius 3 is 1.91 bits per heavy atom. The minimum absolute atomic E-state index is 0.200. The van der Waals surface area contributed by atoms with Crippen LogP contribution in [0.3, 0.4) is 0 Å². The maximum Gasteiger partial charge on any atom is 0.422 e. The van der Waals surface area contributed by atoms with Crippen molar-refractivity contribution in [2.24, 2.45) is 0 Å². The van der Waals surface area contributed by atoms with Gasteiger partial charge in [-0.3, -0.25) is 0 Å². The Bertz CT molecular complexity index is 1020. The second-order valence-corrected chi connectivity index (χ2v) is 8.00. The van der Waals surface area contributed by atoms with Gasteiger partial charge in [0.05, 0.1) is 0 Å². The highest BCUT2D eigenvalue weighted by Gasteiger charge is 2.31. The molecular weight excluding hydrogens is 494 g/mol. The fraction of sp³-hybridized carbons (Fsp3) is 0.333. The second-order valence-electron chi connectivity index (χ2n) is 6.26. The molecule has 0 saturated heterocycles. The van der Waals surface area contributed by atoms with Crippen LogP contribution in [-0.4, -0.2) is 40.6 Å². The van der Waals surface area contributed by atoms with E-state index in [9.17, 15) is 43.5 Å². The fourth-order valence-electron chi connectivity index (χ4n) is 2.28. The summed E-state index contributed by atoms with van der Waals surface area (Å²) in [6.07, 6.45) is -9.56. The van der Waals surface area contributed by atoms with Crippen molar-refractivity contribution in [3.63, 3.8) is 0 Å². The van der Waals surface area contributed by atoms with Crippen molar-refractivity contribution in [1.29, 1.82) is 0 Å². The van der Waals surface area contributed by atoms with Crippen LogP contribution in [-0.2, 0) is 16.6 Å². The molecule has 0 radical (unpaired) electrons. The van der Waals surface area contributed by atoms with Gasteiger partial charge in [-0.05, 0) is 29.8 Å². The molecule has 1 N–H and O–H groups in total. The van der Waals surface area contributed by atoms with Gasteiger partial charge in [0.15, 0.2) is 13.2 Å². The minimum atomic E-state index is -4.82. The lowest BCUT2D eigenvalue weighted by Gasteiger charge is -2.16. The van der Waals surface area contributed by atoms with Crippen LogP contribution in [0.25, 0.3) is 0 Å². The van der Waals surface area contributed by atoms with Gasteiger partial charge in [-0.25, -0.2) is 13.1 Å². The lowest BCUT2D eigenvalue weighted by Crippen LogP contribution is -2.25. The Kier molecular flexibility index (Phi) is 8.35. The predicted octanol–water partition coefficient (Wildman–Crippen LogP) is 4.65. The Morgan fingerprint density at radius 1 is 0.818 bits per heavy atom. The molecule has 0 amide bonds. The van der Waals surface area contributed by atoms with Crippen LogP contribution in [0.5, 0.6) is 17.2 Å². The summed E-state index contributed by atoms with van der Waals surface area (Å²) in [7, 11) is -4.62. The van der Waals surface area contributed by atoms with Gasteiger partial charge in [-0.15, -0.1) is 0 Å². The molecule has 0 aromatic heterocycles. The van der Waals surface area contributed by atoms with Crippen molar-refractivity contribution >= 4 is 10.0 Å². The van der Waals surface area contributed by atoms with E-state index < -0.39 is 65.1 Å². The standard InChI is InChI=1S/C18H15F8NO5S/c19-16(20)32-12-3-1-11(2-4-12)8-27-33(28,29)15-7-13(30-9-17(21,22)23)5-6-14(15)31-10-18(24,25)26/h1-7,16,27H,8-10H2. The summed E-state index contributed by atoms with van der Waals surface area (Å²) in [5.41, 5.74) is 0.252. The summed E-state index contributed by atoms with van der Waals surface area (Å²) in [5, 5.41) is 0. The summed E-state index contributed by atoms with van der Waals surface area (Å²) in [4.78, 5) is -0.899. The maximum absolute atomic E-state index is 12.6. The summed E-state index contributed by atoms with van der Waals surface area (Å²) in [5.74, 6) is -1.56. The molecule has 0 bridgehead atoms. The molecule has 15 heteroatoms. The Balaban J connectivity index is 2.24. The zero-order chi connectivity index (χ0) is 24.9. The molecule has 0 fully saturated rings. The van der Waals surface area contributed by atoms with Crippen molar-refractivity contribution in [2.75, 3.05) is 13.2 Å². The number of hydrogen-bond donors (Lipinski definition) is 1. The third-order valence-electron chi connectivity index (χ3n) is 3.61. The van der Waals surface area contributed by atoms with E-state index in [-0.39, 0.29) is 11.3 Å². The molecule has 2 aromatic carbocycles. The number of nitrogens with one attached hydrogen (secondary N) is 1. The molecule has 6 nitrogen and oxygen atoms in total. The van der Waals surface area contributed by atoms with Crippen LogP contribution in [0, 0.1) is 0 Å². The minimum Gasteiger partial charge on any atom is -0.484 e. The highest BCUT2D eigenvalue weighted by atomic mass is 32.2. The first-order valence-electron chi connectivity index (χ1n) is 8.71. The monoisotopic (exact) mass is 509 g/mol. The van der Waals surface area contributed by atoms with Gasteiger partial charge in [-0.2, -0.15) is 35.1 Å².